The molecule has 0 nitrogen and oxygen atoms in total. The van der Waals surface area contributed by atoms with Crippen molar-refractivity contribution in [2.24, 2.45) is 0 Å². The van der Waals surface area contributed by atoms with E-state index in [1.165, 1.54) is 27.1 Å². The van der Waals surface area contributed by atoms with Gasteiger partial charge in [0.05, 0.1) is 2.74 Å². The predicted molar refractivity (Wildman–Crippen MR) is 128 cm³/mol. The summed E-state index contributed by atoms with van der Waals surface area (Å²) in [4.78, 5) is 3.99. The van der Waals surface area contributed by atoms with Gasteiger partial charge in [-0.05, 0) is 74.4 Å². The summed E-state index contributed by atoms with van der Waals surface area (Å²) in [7, 11) is 0. The van der Waals surface area contributed by atoms with Crippen molar-refractivity contribution in [3.8, 4) is 0 Å². The third kappa shape index (κ3) is 6.51. The second-order valence-electron chi connectivity index (χ2n) is 6.81. The topological polar surface area (TPSA) is 0 Å². The molecule has 0 bridgehead atoms. The molecule has 0 aromatic heterocycles. The zero-order valence-corrected chi connectivity index (χ0v) is 18.9. The molecule has 0 unspecified atom stereocenters. The first-order chi connectivity index (χ1) is 15.3. The maximum Gasteiger partial charge on any atom is 0.140 e. The second-order valence-corrected chi connectivity index (χ2v) is 9.07. The van der Waals surface area contributed by atoms with E-state index in [0.29, 0.717) is 22.5 Å². The van der Waals surface area contributed by atoms with E-state index in [2.05, 4.69) is 31.2 Å². The van der Waals surface area contributed by atoms with E-state index >= 15 is 0 Å². The van der Waals surface area contributed by atoms with Crippen molar-refractivity contribution in [1.29, 1.82) is 0 Å². The summed E-state index contributed by atoms with van der Waals surface area (Å²) in [6.07, 6.45) is 0. The summed E-state index contributed by atoms with van der Waals surface area (Å²) in [5.41, 5.74) is 2.95. The molecular formula is C27H25FS2. The number of benzene rings is 4. The molecule has 0 aliphatic heterocycles. The Morgan fingerprint density at radius 2 is 1.13 bits per heavy atom. The van der Waals surface area contributed by atoms with E-state index in [4.69, 9.17) is 2.74 Å². The first-order valence-electron chi connectivity index (χ1n) is 10.6. The highest BCUT2D eigenvalue weighted by atomic mass is 32.2. The van der Waals surface area contributed by atoms with Gasteiger partial charge < -0.3 is 0 Å². The van der Waals surface area contributed by atoms with Crippen LogP contribution in [-0.4, -0.2) is 0 Å². The molecule has 0 aliphatic carbocycles. The van der Waals surface area contributed by atoms with Crippen LogP contribution in [0, 0.1) is 26.6 Å². The van der Waals surface area contributed by atoms with Crippen molar-refractivity contribution in [1.82, 2.24) is 0 Å². The Hall–Kier alpha value is -2.49. The molecular weight excluding hydrogens is 407 g/mol. The third-order valence-electron chi connectivity index (χ3n) is 4.48. The third-order valence-corrected chi connectivity index (χ3v) is 6.54. The Morgan fingerprint density at radius 1 is 0.633 bits per heavy atom. The largest absolute Gasteiger partial charge is 0.205 e. The van der Waals surface area contributed by atoms with Crippen LogP contribution in [0.2, 0.25) is 0 Å². The Labute approximate surface area is 190 Å². The molecule has 0 spiro atoms. The summed E-state index contributed by atoms with van der Waals surface area (Å²) in [6, 6.07) is 27.9. The molecule has 152 valence electrons. The molecule has 0 aliphatic rings. The number of halogens is 1. The van der Waals surface area contributed by atoms with Crippen LogP contribution in [0.15, 0.2) is 117 Å². The average molecular weight is 435 g/mol. The minimum Gasteiger partial charge on any atom is -0.205 e. The van der Waals surface area contributed by atoms with E-state index in [1.54, 1.807) is 36.9 Å². The van der Waals surface area contributed by atoms with Gasteiger partial charge in [-0.25, -0.2) is 4.39 Å². The van der Waals surface area contributed by atoms with Crippen LogP contribution in [0.4, 0.5) is 4.39 Å². The summed E-state index contributed by atoms with van der Waals surface area (Å²) >= 11 is 3.11. The van der Waals surface area contributed by atoms with Crippen molar-refractivity contribution in [3.63, 3.8) is 0 Å². The highest BCUT2D eigenvalue weighted by molar-refractivity contribution is 7.99. The normalized spacial score (nSPS) is 11.2. The zero-order chi connectivity index (χ0) is 23.1. The van der Waals surface area contributed by atoms with Gasteiger partial charge in [0.2, 0.25) is 0 Å². The van der Waals surface area contributed by atoms with E-state index in [9.17, 15) is 4.39 Å². The van der Waals surface area contributed by atoms with E-state index in [1.807, 2.05) is 49.4 Å². The number of rotatable bonds is 4. The lowest BCUT2D eigenvalue weighted by Crippen LogP contribution is -1.90. The smallest absolute Gasteiger partial charge is 0.140 e. The molecule has 0 fully saturated rings. The molecule has 0 radical (unpaired) electrons. The molecule has 3 heteroatoms. The number of aryl methyl sites for hydroxylation is 2. The molecule has 4 rings (SSSR count). The van der Waals surface area contributed by atoms with Crippen molar-refractivity contribution in [2.45, 2.75) is 40.4 Å². The van der Waals surface area contributed by atoms with Crippen molar-refractivity contribution < 1.29 is 7.13 Å². The summed E-state index contributed by atoms with van der Waals surface area (Å²) in [6.45, 7) is 5.78. The van der Waals surface area contributed by atoms with Crippen molar-refractivity contribution in [2.75, 3.05) is 0 Å². The van der Waals surface area contributed by atoms with E-state index in [-0.39, 0.29) is 5.82 Å². The highest BCUT2D eigenvalue weighted by Crippen LogP contribution is 2.31. The standard InChI is InChI=1S/C14H13FS.C13H12S/c1-10-8-9-13(14(15)11(10)2)16-12-6-4-3-5-7-12;1-11-7-9-13(10-8-11)14-12-5-3-2-4-6-12/h3-9H,1-2H3;2-10H,1H3/i3D;2D. The minimum atomic E-state index is -0.148. The molecule has 0 saturated carbocycles. The molecule has 0 amide bonds. The number of hydrogen-bond donors (Lipinski definition) is 0. The lowest BCUT2D eigenvalue weighted by molar-refractivity contribution is 0.591. The lowest BCUT2D eigenvalue weighted by Gasteiger charge is -2.07. The van der Waals surface area contributed by atoms with Crippen LogP contribution < -0.4 is 0 Å². The summed E-state index contributed by atoms with van der Waals surface area (Å²) < 4.78 is 28.8. The highest BCUT2D eigenvalue weighted by Gasteiger charge is 2.08. The Bertz CT molecular complexity index is 1110. The molecule has 0 heterocycles. The van der Waals surface area contributed by atoms with Crippen LogP contribution in [0.1, 0.15) is 19.4 Å². The first kappa shape index (κ1) is 19.5. The fraction of sp³-hybridized carbons (Fsp3) is 0.111. The maximum absolute atomic E-state index is 14.0. The number of hydrogen-bond acceptors (Lipinski definition) is 2. The van der Waals surface area contributed by atoms with Crippen molar-refractivity contribution >= 4 is 23.5 Å². The Morgan fingerprint density at radius 3 is 1.70 bits per heavy atom. The van der Waals surface area contributed by atoms with Gasteiger partial charge >= 0.3 is 0 Å². The van der Waals surface area contributed by atoms with E-state index in [0.717, 1.165) is 10.5 Å². The summed E-state index contributed by atoms with van der Waals surface area (Å²) in [5.74, 6) is -0.148. The SMILES string of the molecule is [2H]c1ccc(Sc2ccc(C)c(C)c2F)cc1.[2H]c1ccc(Sc2ccc(C)cc2)cc1. The first-order valence-corrected chi connectivity index (χ1v) is 11.3. The lowest BCUT2D eigenvalue weighted by atomic mass is 10.1. The Balaban J connectivity index is 0.000000182. The van der Waals surface area contributed by atoms with Crippen molar-refractivity contribution in [3.05, 3.63) is 120 Å². The average Bonchev–Trinajstić information content (AvgIpc) is 2.79. The van der Waals surface area contributed by atoms with Gasteiger partial charge in [-0.2, -0.15) is 0 Å². The van der Waals surface area contributed by atoms with Gasteiger partial charge in [-0.3, -0.25) is 0 Å². The van der Waals surface area contributed by atoms with E-state index < -0.39 is 0 Å². The Kier molecular flexibility index (Phi) is 7.17. The van der Waals surface area contributed by atoms with Gasteiger partial charge in [0.15, 0.2) is 0 Å². The van der Waals surface area contributed by atoms with Crippen LogP contribution in [0.5, 0.6) is 0 Å². The fourth-order valence-electron chi connectivity index (χ4n) is 2.58. The van der Waals surface area contributed by atoms with Gasteiger partial charge in [0, 0.05) is 19.6 Å². The van der Waals surface area contributed by atoms with Gasteiger partial charge in [0.1, 0.15) is 5.82 Å². The van der Waals surface area contributed by atoms with Gasteiger partial charge in [-0.1, -0.05) is 83.6 Å². The molecule has 0 N–H and O–H groups in total. The van der Waals surface area contributed by atoms with Crippen LogP contribution in [-0.2, 0) is 0 Å². The predicted octanol–water partition coefficient (Wildman–Crippen LogP) is 8.74. The van der Waals surface area contributed by atoms with Gasteiger partial charge in [0.25, 0.3) is 0 Å². The van der Waals surface area contributed by atoms with Crippen LogP contribution in [0.25, 0.3) is 0 Å². The molecule has 30 heavy (non-hydrogen) atoms. The van der Waals surface area contributed by atoms with Gasteiger partial charge in [-0.15, -0.1) is 0 Å². The quantitative estimate of drug-likeness (QED) is 0.315. The molecule has 0 atom stereocenters. The summed E-state index contributed by atoms with van der Waals surface area (Å²) in [5, 5.41) is 0. The maximum atomic E-state index is 14.0. The zero-order valence-electron chi connectivity index (χ0n) is 19.3. The molecule has 4 aromatic rings. The fourth-order valence-corrected chi connectivity index (χ4v) is 4.31. The van der Waals surface area contributed by atoms with Crippen LogP contribution >= 0.6 is 23.5 Å². The second kappa shape index (κ2) is 11.1. The minimum absolute atomic E-state index is 0.148. The van der Waals surface area contributed by atoms with Crippen LogP contribution in [0.3, 0.4) is 0 Å². The monoisotopic (exact) mass is 434 g/mol. The molecule has 4 aromatic carbocycles. The molecule has 0 saturated heterocycles.